The van der Waals surface area contributed by atoms with Gasteiger partial charge >= 0.3 is 6.18 Å². The molecule has 1 amide bonds. The van der Waals surface area contributed by atoms with Crippen LogP contribution in [0.25, 0.3) is 16.3 Å². The van der Waals surface area contributed by atoms with Crippen LogP contribution in [0.2, 0.25) is 10.0 Å². The van der Waals surface area contributed by atoms with Crippen LogP contribution in [0.5, 0.6) is 0 Å². The highest BCUT2D eigenvalue weighted by Gasteiger charge is 2.58. The number of fused-ring (bicyclic) bond motifs is 1. The number of carbonyl (C=O) groups excluding carboxylic acids is 2. The summed E-state index contributed by atoms with van der Waals surface area (Å²) in [5, 5.41) is 2.07. The fourth-order valence-electron chi connectivity index (χ4n) is 3.83. The van der Waals surface area contributed by atoms with Crippen LogP contribution < -0.4 is 11.2 Å². The summed E-state index contributed by atoms with van der Waals surface area (Å²) in [5.41, 5.74) is -3.30. The van der Waals surface area contributed by atoms with Gasteiger partial charge in [0.15, 0.2) is 5.82 Å². The first-order valence-electron chi connectivity index (χ1n) is 10.4. The lowest BCUT2D eigenvalue weighted by molar-refractivity contribution is -0.285. The van der Waals surface area contributed by atoms with Crippen LogP contribution in [0.1, 0.15) is 34.8 Å². The molecule has 11 heteroatoms. The summed E-state index contributed by atoms with van der Waals surface area (Å²) in [5.74, 6) is 3.35. The van der Waals surface area contributed by atoms with Crippen molar-refractivity contribution in [3.8, 4) is 0 Å². The highest BCUT2D eigenvalue weighted by molar-refractivity contribution is 6.35. The molecule has 0 aliphatic carbocycles. The van der Waals surface area contributed by atoms with E-state index in [-0.39, 0.29) is 23.5 Å². The van der Waals surface area contributed by atoms with Gasteiger partial charge in [-0.15, -0.1) is 0 Å². The molecule has 0 heterocycles. The van der Waals surface area contributed by atoms with Gasteiger partial charge in [0, 0.05) is 12.0 Å². The Morgan fingerprint density at radius 3 is 2.06 bits per heavy atom. The molecule has 5 nitrogen and oxygen atoms in total. The molecular formula is C25H20Cl2F4N2O3. The molecule has 0 radical (unpaired) electrons. The van der Waals surface area contributed by atoms with Crippen molar-refractivity contribution in [1.82, 2.24) is 5.32 Å². The molecule has 0 bridgehead atoms. The second-order valence-electron chi connectivity index (χ2n) is 8.07. The molecule has 3 aromatic carbocycles. The van der Waals surface area contributed by atoms with Gasteiger partial charge in [-0.1, -0.05) is 60.1 Å². The van der Waals surface area contributed by atoms with Crippen molar-refractivity contribution in [3.05, 3.63) is 87.7 Å². The minimum Gasteiger partial charge on any atom is -0.345 e. The predicted molar refractivity (Wildman–Crippen MR) is 130 cm³/mol. The first-order valence-corrected chi connectivity index (χ1v) is 11.1. The Kier molecular flexibility index (Phi) is 8.10. The van der Waals surface area contributed by atoms with E-state index in [1.54, 1.807) is 24.3 Å². The smallest absolute Gasteiger partial charge is 0.345 e. The minimum absolute atomic E-state index is 0.0405. The Morgan fingerprint density at radius 2 is 1.56 bits per heavy atom. The fraction of sp³-hybridized carbons (Fsp3) is 0.200. The van der Waals surface area contributed by atoms with Crippen molar-refractivity contribution >= 4 is 51.2 Å². The number of amides is 1. The Morgan fingerprint density at radius 1 is 1.03 bits per heavy atom. The van der Waals surface area contributed by atoms with Gasteiger partial charge in [0.05, 0.1) is 16.6 Å². The maximum absolute atomic E-state index is 14.4. The molecule has 36 heavy (non-hydrogen) atoms. The van der Waals surface area contributed by atoms with E-state index >= 15 is 0 Å². The van der Waals surface area contributed by atoms with Crippen molar-refractivity contribution in [2.45, 2.75) is 25.1 Å². The van der Waals surface area contributed by atoms with Crippen molar-refractivity contribution < 1.29 is 32.0 Å². The van der Waals surface area contributed by atoms with Gasteiger partial charge < -0.3 is 5.32 Å². The van der Waals surface area contributed by atoms with Gasteiger partial charge in [0.25, 0.3) is 5.91 Å². The molecule has 3 rings (SSSR count). The maximum atomic E-state index is 14.4. The number of nitrogens with one attached hydrogen (secondary N) is 1. The quantitative estimate of drug-likeness (QED) is 0.197. The molecule has 0 spiro atoms. The molecule has 0 fully saturated rings. The summed E-state index contributed by atoms with van der Waals surface area (Å²) in [7, 11) is 0. The predicted octanol–water partition coefficient (Wildman–Crippen LogP) is 6.36. The molecule has 0 aromatic heterocycles. The largest absolute Gasteiger partial charge is 0.424 e. The summed E-state index contributed by atoms with van der Waals surface area (Å²) in [4.78, 5) is 28.4. The standard InChI is InChI=1S/C25H20Cl2F4N2O3/c1-13(11-24(36-32,25(29,30)31)15-9-20(26)22(28)21(27)10-15)16-7-8-19(23(35)33-12-14(2)34)18-6-4-3-5-17(16)18/h3-10H,1,11-12,32H2,2H3,(H,33,35). The van der Waals surface area contributed by atoms with Crippen LogP contribution in [-0.4, -0.2) is 24.4 Å². The zero-order valence-corrected chi connectivity index (χ0v) is 20.3. The maximum Gasteiger partial charge on any atom is 0.424 e. The van der Waals surface area contributed by atoms with E-state index in [0.29, 0.717) is 16.3 Å². The lowest BCUT2D eigenvalue weighted by Crippen LogP contribution is -2.47. The summed E-state index contributed by atoms with van der Waals surface area (Å²) in [6.07, 6.45) is -5.98. The second kappa shape index (κ2) is 10.6. The molecule has 1 unspecified atom stereocenters. The Balaban J connectivity index is 2.11. The van der Waals surface area contributed by atoms with Crippen LogP contribution in [0.4, 0.5) is 17.6 Å². The average Bonchev–Trinajstić information content (AvgIpc) is 2.82. The molecular weight excluding hydrogens is 523 g/mol. The van der Waals surface area contributed by atoms with E-state index in [4.69, 9.17) is 29.1 Å². The number of benzene rings is 3. The van der Waals surface area contributed by atoms with Gasteiger partial charge in [0.1, 0.15) is 5.78 Å². The lowest BCUT2D eigenvalue weighted by atomic mass is 9.83. The monoisotopic (exact) mass is 542 g/mol. The Labute approximate surface area is 213 Å². The molecule has 3 N–H and O–H groups in total. The number of rotatable bonds is 8. The van der Waals surface area contributed by atoms with E-state index in [2.05, 4.69) is 16.7 Å². The van der Waals surface area contributed by atoms with E-state index in [1.165, 1.54) is 19.1 Å². The number of alkyl halides is 3. The zero-order chi connectivity index (χ0) is 26.8. The first-order chi connectivity index (χ1) is 16.8. The average molecular weight is 543 g/mol. The third-order valence-electron chi connectivity index (χ3n) is 5.62. The van der Waals surface area contributed by atoms with E-state index < -0.39 is 45.5 Å². The van der Waals surface area contributed by atoms with Gasteiger partial charge in [-0.25, -0.2) is 10.3 Å². The molecule has 0 aliphatic heterocycles. The van der Waals surface area contributed by atoms with Crippen molar-refractivity contribution in [1.29, 1.82) is 0 Å². The summed E-state index contributed by atoms with van der Waals surface area (Å²) >= 11 is 11.5. The van der Waals surface area contributed by atoms with E-state index in [9.17, 15) is 27.2 Å². The third kappa shape index (κ3) is 5.24. The Bertz CT molecular complexity index is 1340. The van der Waals surface area contributed by atoms with Gasteiger partial charge in [-0.3, -0.25) is 14.4 Å². The number of halogens is 6. The van der Waals surface area contributed by atoms with Crippen LogP contribution >= 0.6 is 23.2 Å². The summed E-state index contributed by atoms with van der Waals surface area (Å²) in [6.45, 7) is 4.97. The van der Waals surface area contributed by atoms with E-state index in [0.717, 1.165) is 12.1 Å². The number of ketones is 1. The molecule has 1 atom stereocenters. The van der Waals surface area contributed by atoms with Crippen LogP contribution in [0, 0.1) is 5.82 Å². The zero-order valence-electron chi connectivity index (χ0n) is 18.8. The third-order valence-corrected chi connectivity index (χ3v) is 6.17. The molecule has 190 valence electrons. The highest BCUT2D eigenvalue weighted by atomic mass is 35.5. The summed E-state index contributed by atoms with van der Waals surface area (Å²) in [6, 6.07) is 10.9. The number of Topliss-reactive ketones (excluding diaryl/α,β-unsaturated/α-hetero) is 1. The normalized spacial score (nSPS) is 13.3. The minimum atomic E-state index is -5.09. The highest BCUT2D eigenvalue weighted by Crippen LogP contribution is 2.49. The van der Waals surface area contributed by atoms with E-state index in [1.807, 2.05) is 0 Å². The first kappa shape index (κ1) is 27.6. The topological polar surface area (TPSA) is 81.4 Å². The van der Waals surface area contributed by atoms with Gasteiger partial charge in [-0.05, 0) is 52.6 Å². The summed E-state index contributed by atoms with van der Waals surface area (Å²) < 4.78 is 57.2. The molecule has 3 aromatic rings. The fourth-order valence-corrected chi connectivity index (χ4v) is 4.32. The van der Waals surface area contributed by atoms with Crippen LogP contribution in [0.15, 0.2) is 55.1 Å². The number of carbonyl (C=O) groups is 2. The number of hydrogen-bond acceptors (Lipinski definition) is 4. The molecule has 0 saturated carbocycles. The lowest BCUT2D eigenvalue weighted by Gasteiger charge is -2.35. The molecule has 0 aliphatic rings. The Hall–Kier alpha value is -2.98. The number of nitrogens with two attached hydrogens (primary N) is 1. The van der Waals surface area contributed by atoms with Crippen molar-refractivity contribution in [2.24, 2.45) is 5.90 Å². The van der Waals surface area contributed by atoms with Crippen molar-refractivity contribution in [3.63, 3.8) is 0 Å². The SMILES string of the molecule is C=C(CC(ON)(c1cc(Cl)c(F)c(Cl)c1)C(F)(F)F)c1ccc(C(=O)NCC(C)=O)c2ccccc12. The number of hydrogen-bond donors (Lipinski definition) is 2. The van der Waals surface area contributed by atoms with Gasteiger partial charge in [0.2, 0.25) is 5.60 Å². The molecule has 0 saturated heterocycles. The second-order valence-corrected chi connectivity index (χ2v) is 8.88. The van der Waals surface area contributed by atoms with Crippen molar-refractivity contribution in [2.75, 3.05) is 6.54 Å². The van der Waals surface area contributed by atoms with Gasteiger partial charge in [-0.2, -0.15) is 13.2 Å². The van der Waals surface area contributed by atoms with Crippen LogP contribution in [-0.2, 0) is 15.2 Å². The van der Waals surface area contributed by atoms with Crippen LogP contribution in [0.3, 0.4) is 0 Å².